The highest BCUT2D eigenvalue weighted by Gasteiger charge is 2.37. The SMILES string of the molecule is CC1CN(Cc2cn(C(C)(C)C)nn2)CC(C2CC2)O1. The zero-order valence-corrected chi connectivity index (χ0v) is 13.0. The van der Waals surface area contributed by atoms with E-state index in [1.165, 1.54) is 12.8 Å². The van der Waals surface area contributed by atoms with Gasteiger partial charge >= 0.3 is 0 Å². The van der Waals surface area contributed by atoms with Gasteiger partial charge in [-0.15, -0.1) is 5.10 Å². The molecular weight excluding hydrogens is 252 g/mol. The van der Waals surface area contributed by atoms with Gasteiger partial charge < -0.3 is 4.74 Å². The van der Waals surface area contributed by atoms with E-state index in [0.29, 0.717) is 12.2 Å². The van der Waals surface area contributed by atoms with Crippen LogP contribution in [0, 0.1) is 5.92 Å². The number of rotatable bonds is 3. The zero-order valence-electron chi connectivity index (χ0n) is 13.0. The second kappa shape index (κ2) is 5.11. The second-order valence-electron chi connectivity index (χ2n) is 7.34. The maximum absolute atomic E-state index is 6.05. The molecule has 1 saturated heterocycles. The number of hydrogen-bond donors (Lipinski definition) is 0. The Bertz CT molecular complexity index is 461. The summed E-state index contributed by atoms with van der Waals surface area (Å²) < 4.78 is 8.00. The molecule has 0 aromatic carbocycles. The first-order valence-electron chi connectivity index (χ1n) is 7.71. The summed E-state index contributed by atoms with van der Waals surface area (Å²) in [5, 5.41) is 8.56. The fourth-order valence-electron chi connectivity index (χ4n) is 2.86. The van der Waals surface area contributed by atoms with Crippen LogP contribution in [-0.4, -0.2) is 45.2 Å². The van der Waals surface area contributed by atoms with Crippen LogP contribution in [0.3, 0.4) is 0 Å². The number of nitrogens with zero attached hydrogens (tertiary/aromatic N) is 4. The first kappa shape index (κ1) is 14.0. The molecule has 5 heteroatoms. The summed E-state index contributed by atoms with van der Waals surface area (Å²) in [4.78, 5) is 2.47. The molecule has 1 saturated carbocycles. The van der Waals surface area contributed by atoms with Crippen LogP contribution in [-0.2, 0) is 16.8 Å². The van der Waals surface area contributed by atoms with Crippen LogP contribution in [0.25, 0.3) is 0 Å². The van der Waals surface area contributed by atoms with Crippen molar-refractivity contribution in [2.45, 2.75) is 64.8 Å². The van der Waals surface area contributed by atoms with Crippen molar-refractivity contribution in [3.8, 4) is 0 Å². The van der Waals surface area contributed by atoms with Gasteiger partial charge in [0.1, 0.15) is 0 Å². The molecule has 2 aliphatic rings. The quantitative estimate of drug-likeness (QED) is 0.848. The molecule has 2 atom stereocenters. The molecule has 3 rings (SSSR count). The number of ether oxygens (including phenoxy) is 1. The molecule has 1 aromatic heterocycles. The highest BCUT2D eigenvalue weighted by atomic mass is 16.5. The fourth-order valence-corrected chi connectivity index (χ4v) is 2.86. The molecule has 1 aliphatic heterocycles. The normalized spacial score (nSPS) is 28.8. The van der Waals surface area contributed by atoms with Crippen LogP contribution >= 0.6 is 0 Å². The van der Waals surface area contributed by atoms with Crippen molar-refractivity contribution in [2.24, 2.45) is 5.92 Å². The average Bonchev–Trinajstić information content (AvgIpc) is 3.08. The third kappa shape index (κ3) is 3.20. The molecular formula is C15H26N4O. The molecule has 2 fully saturated rings. The van der Waals surface area contributed by atoms with Gasteiger partial charge in [0, 0.05) is 19.6 Å². The van der Waals surface area contributed by atoms with Crippen LogP contribution in [0.2, 0.25) is 0 Å². The Hall–Kier alpha value is -0.940. The Balaban J connectivity index is 1.63. The number of morpholine rings is 1. The molecule has 0 spiro atoms. The molecule has 5 nitrogen and oxygen atoms in total. The summed E-state index contributed by atoms with van der Waals surface area (Å²) in [5.74, 6) is 0.797. The zero-order chi connectivity index (χ0) is 14.3. The molecule has 1 aliphatic carbocycles. The fraction of sp³-hybridized carbons (Fsp3) is 0.867. The molecule has 0 amide bonds. The van der Waals surface area contributed by atoms with Crippen molar-refractivity contribution in [2.75, 3.05) is 13.1 Å². The van der Waals surface area contributed by atoms with Gasteiger partial charge in [-0.3, -0.25) is 4.90 Å². The summed E-state index contributed by atoms with van der Waals surface area (Å²) in [6.45, 7) is 11.5. The van der Waals surface area contributed by atoms with Crippen molar-refractivity contribution in [1.29, 1.82) is 0 Å². The van der Waals surface area contributed by atoms with E-state index in [0.717, 1.165) is 31.2 Å². The minimum atomic E-state index is 0.0000981. The summed E-state index contributed by atoms with van der Waals surface area (Å²) in [7, 11) is 0. The summed E-state index contributed by atoms with van der Waals surface area (Å²) in [6, 6.07) is 0. The average molecular weight is 278 g/mol. The second-order valence-corrected chi connectivity index (χ2v) is 7.34. The van der Waals surface area contributed by atoms with E-state index in [1.54, 1.807) is 0 Å². The van der Waals surface area contributed by atoms with Gasteiger partial charge in [0.2, 0.25) is 0 Å². The Morgan fingerprint density at radius 1 is 1.30 bits per heavy atom. The highest BCUT2D eigenvalue weighted by Crippen LogP contribution is 2.36. The van der Waals surface area contributed by atoms with E-state index in [-0.39, 0.29) is 5.54 Å². The molecule has 1 aromatic rings. The lowest BCUT2D eigenvalue weighted by Crippen LogP contribution is -2.46. The van der Waals surface area contributed by atoms with E-state index in [4.69, 9.17) is 4.74 Å². The Kier molecular flexibility index (Phi) is 3.58. The Labute approximate surface area is 121 Å². The maximum atomic E-state index is 6.05. The summed E-state index contributed by atoms with van der Waals surface area (Å²) in [5.41, 5.74) is 1.06. The lowest BCUT2D eigenvalue weighted by Gasteiger charge is -2.36. The molecule has 0 bridgehead atoms. The van der Waals surface area contributed by atoms with Crippen molar-refractivity contribution in [1.82, 2.24) is 19.9 Å². The van der Waals surface area contributed by atoms with Crippen molar-refractivity contribution < 1.29 is 4.74 Å². The minimum absolute atomic E-state index is 0.0000981. The first-order valence-corrected chi connectivity index (χ1v) is 7.71. The lowest BCUT2D eigenvalue weighted by molar-refractivity contribution is -0.0884. The van der Waals surface area contributed by atoms with Gasteiger partial charge in [-0.1, -0.05) is 5.21 Å². The Morgan fingerprint density at radius 2 is 2.05 bits per heavy atom. The van der Waals surface area contributed by atoms with E-state index in [2.05, 4.69) is 49.1 Å². The smallest absolute Gasteiger partial charge is 0.0967 e. The predicted molar refractivity (Wildman–Crippen MR) is 77.4 cm³/mol. The van der Waals surface area contributed by atoms with Crippen LogP contribution < -0.4 is 0 Å². The minimum Gasteiger partial charge on any atom is -0.372 e. The molecule has 112 valence electrons. The summed E-state index contributed by atoms with van der Waals surface area (Å²) >= 11 is 0. The third-order valence-corrected chi connectivity index (χ3v) is 4.12. The van der Waals surface area contributed by atoms with E-state index < -0.39 is 0 Å². The maximum Gasteiger partial charge on any atom is 0.0967 e. The monoisotopic (exact) mass is 278 g/mol. The largest absolute Gasteiger partial charge is 0.372 e. The van der Waals surface area contributed by atoms with Crippen molar-refractivity contribution in [3.05, 3.63) is 11.9 Å². The topological polar surface area (TPSA) is 43.2 Å². The number of aromatic nitrogens is 3. The van der Waals surface area contributed by atoms with Crippen LogP contribution in [0.5, 0.6) is 0 Å². The van der Waals surface area contributed by atoms with Gasteiger partial charge in [0.15, 0.2) is 0 Å². The Morgan fingerprint density at radius 3 is 2.65 bits per heavy atom. The summed E-state index contributed by atoms with van der Waals surface area (Å²) in [6.07, 6.45) is 5.51. The number of hydrogen-bond acceptors (Lipinski definition) is 4. The van der Waals surface area contributed by atoms with Gasteiger partial charge in [-0.25, -0.2) is 4.68 Å². The van der Waals surface area contributed by atoms with Crippen molar-refractivity contribution >= 4 is 0 Å². The molecule has 0 radical (unpaired) electrons. The van der Waals surface area contributed by atoms with E-state index >= 15 is 0 Å². The van der Waals surface area contributed by atoms with E-state index in [9.17, 15) is 0 Å². The van der Waals surface area contributed by atoms with Crippen molar-refractivity contribution in [3.63, 3.8) is 0 Å². The van der Waals surface area contributed by atoms with Gasteiger partial charge in [0.25, 0.3) is 0 Å². The lowest BCUT2D eigenvalue weighted by atomic mass is 10.1. The van der Waals surface area contributed by atoms with Gasteiger partial charge in [-0.2, -0.15) is 0 Å². The van der Waals surface area contributed by atoms with Crippen LogP contribution in [0.15, 0.2) is 6.20 Å². The molecule has 0 N–H and O–H groups in total. The highest BCUT2D eigenvalue weighted by molar-refractivity contribution is 4.97. The standard InChI is InChI=1S/C15H26N4O/c1-11-7-18(10-14(20-11)12-5-6-12)8-13-9-19(17-16-13)15(2,3)4/h9,11-12,14H,5-8,10H2,1-4H3. The van der Waals surface area contributed by atoms with Gasteiger partial charge in [-0.05, 0) is 46.5 Å². The van der Waals surface area contributed by atoms with Gasteiger partial charge in [0.05, 0.1) is 29.6 Å². The third-order valence-electron chi connectivity index (χ3n) is 4.12. The van der Waals surface area contributed by atoms with Crippen LogP contribution in [0.1, 0.15) is 46.2 Å². The molecule has 2 unspecified atom stereocenters. The molecule has 2 heterocycles. The predicted octanol–water partition coefficient (Wildman–Crippen LogP) is 2.03. The van der Waals surface area contributed by atoms with E-state index in [1.807, 2.05) is 4.68 Å². The molecule has 20 heavy (non-hydrogen) atoms. The first-order chi connectivity index (χ1) is 9.41. The van der Waals surface area contributed by atoms with Crippen LogP contribution in [0.4, 0.5) is 0 Å².